The zero-order chi connectivity index (χ0) is 27.7. The quantitative estimate of drug-likeness (QED) is 0.373. The number of oxazole rings is 1. The smallest absolute Gasteiger partial charge is 0.475 e. The summed E-state index contributed by atoms with van der Waals surface area (Å²) in [5, 5.41) is 7.99. The Bertz CT molecular complexity index is 1550. The minimum Gasteiger partial charge on any atom is -0.475 e. The fourth-order valence-electron chi connectivity index (χ4n) is 3.70. The second-order valence-electron chi connectivity index (χ2n) is 8.24. The molecular formula is C24H18F5N3O6. The van der Waals surface area contributed by atoms with Gasteiger partial charge in [-0.3, -0.25) is 9.78 Å². The highest BCUT2D eigenvalue weighted by molar-refractivity contribution is 5.97. The maximum atomic E-state index is 14.6. The first-order valence-corrected chi connectivity index (χ1v) is 11.0. The van der Waals surface area contributed by atoms with Gasteiger partial charge in [0.25, 0.3) is 11.8 Å². The summed E-state index contributed by atoms with van der Waals surface area (Å²) in [4.78, 5) is 41.2. The summed E-state index contributed by atoms with van der Waals surface area (Å²) in [5.41, 5.74) is 1.55. The number of nitrogens with one attached hydrogen (secondary N) is 1. The van der Waals surface area contributed by atoms with E-state index in [1.165, 1.54) is 17.0 Å². The predicted octanol–water partition coefficient (Wildman–Crippen LogP) is 4.23. The predicted molar refractivity (Wildman–Crippen MR) is 122 cm³/mol. The van der Waals surface area contributed by atoms with E-state index in [0.29, 0.717) is 11.0 Å². The Hall–Kier alpha value is -4.49. The van der Waals surface area contributed by atoms with Gasteiger partial charge in [0.2, 0.25) is 5.88 Å². The van der Waals surface area contributed by atoms with Crippen molar-refractivity contribution in [1.82, 2.24) is 14.9 Å². The molecule has 2 N–H and O–H groups in total. The number of carbonyl (C=O) groups excluding carboxylic acids is 1. The molecule has 0 unspecified atom stereocenters. The van der Waals surface area contributed by atoms with Gasteiger partial charge in [0.1, 0.15) is 0 Å². The fourth-order valence-corrected chi connectivity index (χ4v) is 3.70. The molecule has 1 aliphatic rings. The van der Waals surface area contributed by atoms with Crippen LogP contribution < -0.4 is 10.5 Å². The number of pyridine rings is 1. The number of alkyl halides is 5. The molecule has 1 aliphatic heterocycles. The van der Waals surface area contributed by atoms with Gasteiger partial charge in [0.05, 0.1) is 17.6 Å². The largest absolute Gasteiger partial charge is 0.490 e. The van der Waals surface area contributed by atoms with Crippen molar-refractivity contribution in [3.63, 3.8) is 0 Å². The number of carboxylic acids is 1. The molecule has 200 valence electrons. The van der Waals surface area contributed by atoms with Crippen LogP contribution in [0.5, 0.6) is 5.88 Å². The Kier molecular flexibility index (Phi) is 7.07. The number of rotatable bonds is 3. The third-order valence-electron chi connectivity index (χ3n) is 5.61. The van der Waals surface area contributed by atoms with Gasteiger partial charge in [-0.25, -0.2) is 23.4 Å². The molecule has 4 aromatic rings. The number of piperidine rings is 1. The highest BCUT2D eigenvalue weighted by Crippen LogP contribution is 2.32. The van der Waals surface area contributed by atoms with Crippen LogP contribution in [0.3, 0.4) is 0 Å². The van der Waals surface area contributed by atoms with Crippen molar-refractivity contribution < 1.29 is 45.8 Å². The molecule has 1 fully saturated rings. The van der Waals surface area contributed by atoms with E-state index < -0.39 is 42.3 Å². The molecule has 3 heterocycles. The van der Waals surface area contributed by atoms with Crippen LogP contribution in [0.15, 0.2) is 63.8 Å². The Morgan fingerprint density at radius 2 is 1.84 bits per heavy atom. The number of benzene rings is 2. The van der Waals surface area contributed by atoms with Crippen LogP contribution >= 0.6 is 0 Å². The van der Waals surface area contributed by atoms with Crippen molar-refractivity contribution >= 4 is 33.9 Å². The van der Waals surface area contributed by atoms with Crippen molar-refractivity contribution in [2.24, 2.45) is 0 Å². The van der Waals surface area contributed by atoms with Crippen LogP contribution in [0.25, 0.3) is 22.0 Å². The molecule has 38 heavy (non-hydrogen) atoms. The number of aliphatic carboxylic acids is 1. The zero-order valence-corrected chi connectivity index (χ0v) is 19.2. The van der Waals surface area contributed by atoms with Crippen LogP contribution in [0.4, 0.5) is 22.0 Å². The van der Waals surface area contributed by atoms with Crippen LogP contribution in [-0.4, -0.2) is 63.1 Å². The Balaban J connectivity index is 0.000000426. The second-order valence-corrected chi connectivity index (χ2v) is 8.24. The lowest BCUT2D eigenvalue weighted by Gasteiger charge is -2.38. The summed E-state index contributed by atoms with van der Waals surface area (Å²) < 4.78 is 71.4. The number of H-pyrrole nitrogens is 1. The van der Waals surface area contributed by atoms with E-state index in [1.54, 1.807) is 30.3 Å². The Morgan fingerprint density at radius 1 is 1.13 bits per heavy atom. The van der Waals surface area contributed by atoms with Gasteiger partial charge < -0.3 is 19.2 Å². The SMILES string of the molecule is O=C(O)C(F)(F)F.O=C(c1ccc2[nH]c(=O)oc2c1)N1CCC(F)(F)[C@@H](Oc2ccc3ccccc3n2)C1. The van der Waals surface area contributed by atoms with E-state index in [1.807, 2.05) is 12.1 Å². The molecule has 0 radical (unpaired) electrons. The van der Waals surface area contributed by atoms with Crippen LogP contribution in [0.2, 0.25) is 0 Å². The first-order chi connectivity index (χ1) is 17.8. The average molecular weight is 539 g/mol. The normalized spacial score (nSPS) is 17.1. The number of para-hydroxylation sites is 1. The lowest BCUT2D eigenvalue weighted by atomic mass is 10.0. The molecule has 0 saturated carbocycles. The van der Waals surface area contributed by atoms with Gasteiger partial charge in [-0.2, -0.15) is 13.2 Å². The van der Waals surface area contributed by atoms with Crippen LogP contribution in [0, 0.1) is 0 Å². The van der Waals surface area contributed by atoms with Crippen molar-refractivity contribution in [2.75, 3.05) is 13.1 Å². The summed E-state index contributed by atoms with van der Waals surface area (Å²) >= 11 is 0. The molecular weight excluding hydrogens is 521 g/mol. The topological polar surface area (TPSA) is 126 Å². The number of ether oxygens (including phenoxy) is 1. The van der Waals surface area contributed by atoms with E-state index in [-0.39, 0.29) is 30.1 Å². The maximum Gasteiger partial charge on any atom is 0.490 e. The number of carbonyl (C=O) groups is 2. The molecule has 2 aromatic heterocycles. The third-order valence-corrected chi connectivity index (χ3v) is 5.61. The number of amides is 1. The van der Waals surface area contributed by atoms with Crippen LogP contribution in [-0.2, 0) is 4.79 Å². The summed E-state index contributed by atoms with van der Waals surface area (Å²) in [6.45, 7) is -0.415. The Labute approximate surface area is 209 Å². The molecule has 1 saturated heterocycles. The van der Waals surface area contributed by atoms with Gasteiger partial charge in [-0.1, -0.05) is 18.2 Å². The van der Waals surface area contributed by atoms with Gasteiger partial charge in [-0.05, 0) is 30.3 Å². The van der Waals surface area contributed by atoms with Gasteiger partial charge in [-0.15, -0.1) is 0 Å². The molecule has 2 aromatic carbocycles. The summed E-state index contributed by atoms with van der Waals surface area (Å²) in [5.74, 6) is -6.86. The van der Waals surface area contributed by atoms with E-state index in [0.717, 1.165) is 5.39 Å². The molecule has 9 nitrogen and oxygen atoms in total. The first-order valence-electron chi connectivity index (χ1n) is 11.0. The van der Waals surface area contributed by atoms with Crippen molar-refractivity contribution in [3.8, 4) is 5.88 Å². The van der Waals surface area contributed by atoms with E-state index >= 15 is 0 Å². The standard InChI is InChI=1S/C22H17F2N3O4.C2HF3O2/c23-22(24)9-10-27(20(28)14-5-7-16-17(11-14)30-21(29)26-16)12-18(22)31-19-8-6-13-3-1-2-4-15(13)25-19;3-2(4,5)1(6)7/h1-8,11,18H,9-10,12H2,(H,26,29);(H,6,7)/t18-;/m0./s1. The second kappa shape index (κ2) is 10.1. The third kappa shape index (κ3) is 5.90. The maximum absolute atomic E-state index is 14.6. The number of aromatic nitrogens is 2. The Morgan fingerprint density at radius 3 is 2.55 bits per heavy atom. The molecule has 0 bridgehead atoms. The number of aromatic amines is 1. The van der Waals surface area contributed by atoms with Crippen LogP contribution in [0.1, 0.15) is 16.8 Å². The first kappa shape index (κ1) is 26.6. The number of carboxylic acid groups (broad SMARTS) is 1. The van der Waals surface area contributed by atoms with Crippen molar-refractivity contribution in [1.29, 1.82) is 0 Å². The molecule has 1 atom stereocenters. The molecule has 1 amide bonds. The lowest BCUT2D eigenvalue weighted by molar-refractivity contribution is -0.192. The molecule has 14 heteroatoms. The fraction of sp³-hybridized carbons (Fsp3) is 0.250. The average Bonchev–Trinajstić information content (AvgIpc) is 3.24. The minimum atomic E-state index is -5.08. The number of nitrogens with zero attached hydrogens (tertiary/aromatic N) is 2. The zero-order valence-electron chi connectivity index (χ0n) is 19.2. The van der Waals surface area contributed by atoms with Gasteiger partial charge in [0, 0.05) is 30.0 Å². The number of likely N-dealkylation sites (tertiary alicyclic amines) is 1. The van der Waals surface area contributed by atoms with E-state index in [2.05, 4.69) is 9.97 Å². The van der Waals surface area contributed by atoms with Gasteiger partial charge in [0.15, 0.2) is 11.7 Å². The van der Waals surface area contributed by atoms with E-state index in [9.17, 15) is 31.5 Å². The lowest BCUT2D eigenvalue weighted by Crippen LogP contribution is -2.55. The van der Waals surface area contributed by atoms with Crippen molar-refractivity contribution in [2.45, 2.75) is 24.6 Å². The number of hydrogen-bond acceptors (Lipinski definition) is 6. The van der Waals surface area contributed by atoms with Gasteiger partial charge >= 0.3 is 17.9 Å². The summed E-state index contributed by atoms with van der Waals surface area (Å²) in [6.07, 6.45) is -7.15. The molecule has 0 aliphatic carbocycles. The summed E-state index contributed by atoms with van der Waals surface area (Å²) in [6, 6.07) is 15.1. The number of fused-ring (bicyclic) bond motifs is 2. The monoisotopic (exact) mass is 539 g/mol. The minimum absolute atomic E-state index is 0.0770. The molecule has 5 rings (SSSR count). The van der Waals surface area contributed by atoms with Crippen molar-refractivity contribution in [3.05, 3.63) is 70.7 Å². The number of hydrogen-bond donors (Lipinski definition) is 2. The highest BCUT2D eigenvalue weighted by atomic mass is 19.4. The molecule has 0 spiro atoms. The van der Waals surface area contributed by atoms with E-state index in [4.69, 9.17) is 19.1 Å². The highest BCUT2D eigenvalue weighted by Gasteiger charge is 2.47. The number of halogens is 5. The summed E-state index contributed by atoms with van der Waals surface area (Å²) in [7, 11) is 0.